The second-order valence-electron chi connectivity index (χ2n) is 6.03. The smallest absolute Gasteiger partial charge is 0.279 e. The van der Waals surface area contributed by atoms with Gasteiger partial charge >= 0.3 is 0 Å². The third kappa shape index (κ3) is 5.62. The highest BCUT2D eigenvalue weighted by molar-refractivity contribution is 6.30. The fourth-order valence-corrected chi connectivity index (χ4v) is 2.80. The van der Waals surface area contributed by atoms with E-state index >= 15 is 0 Å². The molecule has 0 radical (unpaired) electrons. The van der Waals surface area contributed by atoms with Crippen molar-refractivity contribution in [1.29, 1.82) is 0 Å². The normalized spacial score (nSPS) is 11.4. The molecule has 144 valence electrons. The van der Waals surface area contributed by atoms with Crippen molar-refractivity contribution in [3.63, 3.8) is 0 Å². The summed E-state index contributed by atoms with van der Waals surface area (Å²) < 4.78 is 11.1. The van der Waals surface area contributed by atoms with Gasteiger partial charge in [0.2, 0.25) is 0 Å². The predicted molar refractivity (Wildman–Crippen MR) is 104 cm³/mol. The lowest BCUT2D eigenvalue weighted by Gasteiger charge is -2.18. The van der Waals surface area contributed by atoms with Gasteiger partial charge in [-0.2, -0.15) is 0 Å². The third-order valence-electron chi connectivity index (χ3n) is 3.82. The Morgan fingerprint density at radius 3 is 2.22 bits per heavy atom. The molecule has 0 saturated heterocycles. The molecule has 0 heterocycles. The molecule has 2 aromatic rings. The van der Waals surface area contributed by atoms with Crippen LogP contribution in [0.1, 0.15) is 35.3 Å². The number of hydrogen-bond donors (Lipinski definition) is 2. The number of carbonyl (C=O) groups excluding carboxylic acids is 2. The lowest BCUT2D eigenvalue weighted by Crippen LogP contribution is -2.47. The summed E-state index contributed by atoms with van der Waals surface area (Å²) in [5, 5.41) is 0.608. The standard InChI is InChI=1S/C20H23ClN2O4/c1-5-26-17-8-6-15(7-9-17)20(25)23-22-19(24)14(4)27-18-12(2)10-16(21)11-13(18)3/h6-11,14H,5H2,1-4H3,(H,22,24)(H,23,25). The molecular weight excluding hydrogens is 368 g/mol. The number of carbonyl (C=O) groups is 2. The lowest BCUT2D eigenvalue weighted by molar-refractivity contribution is -0.128. The first-order valence-corrected chi connectivity index (χ1v) is 8.96. The lowest BCUT2D eigenvalue weighted by atomic mass is 10.1. The number of aryl methyl sites for hydroxylation is 2. The molecule has 2 rings (SSSR count). The number of benzene rings is 2. The molecule has 2 amide bonds. The van der Waals surface area contributed by atoms with Gasteiger partial charge in [-0.15, -0.1) is 0 Å². The maximum atomic E-state index is 12.2. The Labute approximate surface area is 163 Å². The molecule has 1 atom stereocenters. The van der Waals surface area contributed by atoms with Gasteiger partial charge in [-0.05, 0) is 75.2 Å². The fourth-order valence-electron chi connectivity index (χ4n) is 2.47. The summed E-state index contributed by atoms with van der Waals surface area (Å²) >= 11 is 6.00. The number of hydrazine groups is 1. The van der Waals surface area contributed by atoms with Gasteiger partial charge in [-0.25, -0.2) is 0 Å². The molecule has 0 aliphatic rings. The zero-order valence-electron chi connectivity index (χ0n) is 15.8. The maximum Gasteiger partial charge on any atom is 0.279 e. The van der Waals surface area contributed by atoms with Gasteiger partial charge in [-0.1, -0.05) is 11.6 Å². The van der Waals surface area contributed by atoms with Crippen LogP contribution in [0.15, 0.2) is 36.4 Å². The van der Waals surface area contributed by atoms with E-state index in [-0.39, 0.29) is 0 Å². The summed E-state index contributed by atoms with van der Waals surface area (Å²) in [5.74, 6) is 0.370. The summed E-state index contributed by atoms with van der Waals surface area (Å²) in [4.78, 5) is 24.3. The van der Waals surface area contributed by atoms with Crippen LogP contribution in [-0.2, 0) is 4.79 Å². The zero-order valence-corrected chi connectivity index (χ0v) is 16.5. The monoisotopic (exact) mass is 390 g/mol. The summed E-state index contributed by atoms with van der Waals surface area (Å²) in [5.41, 5.74) is 6.81. The van der Waals surface area contributed by atoms with Crippen molar-refractivity contribution >= 4 is 23.4 Å². The van der Waals surface area contributed by atoms with Crippen LogP contribution in [-0.4, -0.2) is 24.5 Å². The zero-order chi connectivity index (χ0) is 20.0. The molecule has 0 bridgehead atoms. The predicted octanol–water partition coefficient (Wildman–Crippen LogP) is 3.58. The Hall–Kier alpha value is -2.73. The first-order chi connectivity index (χ1) is 12.8. The van der Waals surface area contributed by atoms with E-state index in [1.165, 1.54) is 0 Å². The maximum absolute atomic E-state index is 12.2. The largest absolute Gasteiger partial charge is 0.494 e. The van der Waals surface area contributed by atoms with Crippen molar-refractivity contribution in [2.45, 2.75) is 33.8 Å². The number of amides is 2. The van der Waals surface area contributed by atoms with Gasteiger partial charge in [0, 0.05) is 10.6 Å². The summed E-state index contributed by atoms with van der Waals surface area (Å²) in [6.45, 7) is 7.74. The van der Waals surface area contributed by atoms with Crippen molar-refractivity contribution in [2.24, 2.45) is 0 Å². The number of nitrogens with one attached hydrogen (secondary N) is 2. The van der Waals surface area contributed by atoms with Crippen molar-refractivity contribution in [2.75, 3.05) is 6.61 Å². The number of ether oxygens (including phenoxy) is 2. The summed E-state index contributed by atoms with van der Waals surface area (Å²) in [7, 11) is 0. The SMILES string of the molecule is CCOc1ccc(C(=O)NNC(=O)C(C)Oc2c(C)cc(Cl)cc2C)cc1. The van der Waals surface area contributed by atoms with Crippen LogP contribution in [0.3, 0.4) is 0 Å². The molecule has 27 heavy (non-hydrogen) atoms. The van der Waals surface area contributed by atoms with E-state index in [0.717, 1.165) is 11.1 Å². The first kappa shape index (κ1) is 20.6. The van der Waals surface area contributed by atoms with Crippen molar-refractivity contribution in [1.82, 2.24) is 10.9 Å². The first-order valence-electron chi connectivity index (χ1n) is 8.58. The quantitative estimate of drug-likeness (QED) is 0.739. The second-order valence-corrected chi connectivity index (χ2v) is 6.47. The highest BCUT2D eigenvalue weighted by Crippen LogP contribution is 2.27. The molecule has 1 unspecified atom stereocenters. The van der Waals surface area contributed by atoms with E-state index in [1.807, 2.05) is 20.8 Å². The van der Waals surface area contributed by atoms with Crippen molar-refractivity contribution in [3.05, 3.63) is 58.1 Å². The molecule has 6 nitrogen and oxygen atoms in total. The Morgan fingerprint density at radius 2 is 1.67 bits per heavy atom. The van der Waals surface area contributed by atoms with E-state index in [1.54, 1.807) is 43.3 Å². The molecule has 0 spiro atoms. The molecule has 0 saturated carbocycles. The fraction of sp³-hybridized carbons (Fsp3) is 0.300. The van der Waals surface area contributed by atoms with Crippen LogP contribution in [0.4, 0.5) is 0 Å². The van der Waals surface area contributed by atoms with Crippen LogP contribution in [0, 0.1) is 13.8 Å². The minimum atomic E-state index is -0.802. The van der Waals surface area contributed by atoms with Gasteiger partial charge in [0.15, 0.2) is 6.10 Å². The minimum Gasteiger partial charge on any atom is -0.494 e. The highest BCUT2D eigenvalue weighted by Gasteiger charge is 2.18. The third-order valence-corrected chi connectivity index (χ3v) is 4.03. The Balaban J connectivity index is 1.92. The van der Waals surface area contributed by atoms with E-state index < -0.39 is 17.9 Å². The summed E-state index contributed by atoms with van der Waals surface area (Å²) in [6.07, 6.45) is -0.802. The number of hydrogen-bond acceptors (Lipinski definition) is 4. The molecule has 0 aliphatic carbocycles. The minimum absolute atomic E-state index is 0.400. The molecule has 7 heteroatoms. The average molecular weight is 391 g/mol. The van der Waals surface area contributed by atoms with E-state index in [4.69, 9.17) is 21.1 Å². The molecule has 2 N–H and O–H groups in total. The van der Waals surface area contributed by atoms with Crippen LogP contribution in [0.25, 0.3) is 0 Å². The van der Waals surface area contributed by atoms with Gasteiger partial charge in [0.1, 0.15) is 11.5 Å². The van der Waals surface area contributed by atoms with E-state index in [9.17, 15) is 9.59 Å². The van der Waals surface area contributed by atoms with Crippen LogP contribution in [0.2, 0.25) is 5.02 Å². The van der Waals surface area contributed by atoms with Crippen LogP contribution in [0.5, 0.6) is 11.5 Å². The molecule has 0 aromatic heterocycles. The number of rotatable bonds is 6. The van der Waals surface area contributed by atoms with Crippen LogP contribution >= 0.6 is 11.6 Å². The molecular formula is C20H23ClN2O4. The van der Waals surface area contributed by atoms with Gasteiger partial charge in [0.05, 0.1) is 6.61 Å². The average Bonchev–Trinajstić information content (AvgIpc) is 2.63. The van der Waals surface area contributed by atoms with Crippen molar-refractivity contribution < 1.29 is 19.1 Å². The van der Waals surface area contributed by atoms with E-state index in [0.29, 0.717) is 28.7 Å². The topological polar surface area (TPSA) is 76.7 Å². The Kier molecular flexibility index (Phi) is 7.07. The molecule has 0 fully saturated rings. The van der Waals surface area contributed by atoms with Crippen LogP contribution < -0.4 is 20.3 Å². The highest BCUT2D eigenvalue weighted by atomic mass is 35.5. The van der Waals surface area contributed by atoms with Gasteiger partial charge in [0.25, 0.3) is 11.8 Å². The van der Waals surface area contributed by atoms with Gasteiger partial charge in [-0.3, -0.25) is 20.4 Å². The Morgan fingerprint density at radius 1 is 1.07 bits per heavy atom. The molecule has 2 aromatic carbocycles. The number of halogens is 1. The van der Waals surface area contributed by atoms with E-state index in [2.05, 4.69) is 10.9 Å². The molecule has 0 aliphatic heterocycles. The summed E-state index contributed by atoms with van der Waals surface area (Å²) in [6, 6.07) is 10.2. The Bertz CT molecular complexity index is 798. The second kappa shape index (κ2) is 9.28. The van der Waals surface area contributed by atoms with Gasteiger partial charge < -0.3 is 9.47 Å². The van der Waals surface area contributed by atoms with Crippen molar-refractivity contribution in [3.8, 4) is 11.5 Å².